The SMILES string of the molecule is COCc1nnc2n1[C@@H](C)CN(c1ncnc3[nH]ccc13)C2. The van der Waals surface area contributed by atoms with Gasteiger partial charge in [0, 0.05) is 19.9 Å². The van der Waals surface area contributed by atoms with Gasteiger partial charge >= 0.3 is 0 Å². The Morgan fingerprint density at radius 3 is 3.14 bits per heavy atom. The van der Waals surface area contributed by atoms with Crippen molar-refractivity contribution in [2.24, 2.45) is 0 Å². The molecule has 4 heterocycles. The van der Waals surface area contributed by atoms with Gasteiger partial charge in [0.25, 0.3) is 0 Å². The van der Waals surface area contributed by atoms with Gasteiger partial charge < -0.3 is 19.2 Å². The number of anilines is 1. The van der Waals surface area contributed by atoms with Crippen LogP contribution in [0, 0.1) is 0 Å². The minimum absolute atomic E-state index is 0.257. The molecule has 22 heavy (non-hydrogen) atoms. The molecule has 0 spiro atoms. The Morgan fingerprint density at radius 1 is 1.36 bits per heavy atom. The summed E-state index contributed by atoms with van der Waals surface area (Å²) in [5.74, 6) is 2.74. The zero-order valence-electron chi connectivity index (χ0n) is 12.5. The van der Waals surface area contributed by atoms with Crippen LogP contribution in [0.3, 0.4) is 0 Å². The van der Waals surface area contributed by atoms with Crippen LogP contribution >= 0.6 is 0 Å². The molecule has 0 aliphatic carbocycles. The second-order valence-corrected chi connectivity index (χ2v) is 5.50. The predicted octanol–water partition coefficient (Wildman–Crippen LogP) is 1.28. The average Bonchev–Trinajstić information content (AvgIpc) is 3.14. The van der Waals surface area contributed by atoms with E-state index in [2.05, 4.69) is 41.5 Å². The molecule has 3 aromatic heterocycles. The lowest BCUT2D eigenvalue weighted by Gasteiger charge is -2.33. The molecule has 0 unspecified atom stereocenters. The molecule has 1 N–H and O–H groups in total. The lowest BCUT2D eigenvalue weighted by Crippen LogP contribution is -2.37. The molecule has 0 amide bonds. The van der Waals surface area contributed by atoms with Crippen molar-refractivity contribution in [1.29, 1.82) is 0 Å². The molecule has 3 aromatic rings. The summed E-state index contributed by atoms with van der Waals surface area (Å²) >= 11 is 0. The van der Waals surface area contributed by atoms with Crippen LogP contribution in [0.15, 0.2) is 18.6 Å². The van der Waals surface area contributed by atoms with Gasteiger partial charge in [0.15, 0.2) is 11.6 Å². The number of hydrogen-bond acceptors (Lipinski definition) is 6. The van der Waals surface area contributed by atoms with Gasteiger partial charge in [0.1, 0.15) is 24.4 Å². The van der Waals surface area contributed by atoms with Crippen molar-refractivity contribution >= 4 is 16.9 Å². The third-order valence-electron chi connectivity index (χ3n) is 4.00. The molecule has 114 valence electrons. The smallest absolute Gasteiger partial charge is 0.159 e. The van der Waals surface area contributed by atoms with E-state index in [1.807, 2.05) is 12.3 Å². The summed E-state index contributed by atoms with van der Waals surface area (Å²) in [5.41, 5.74) is 0.852. The number of nitrogens with one attached hydrogen (secondary N) is 1. The van der Waals surface area contributed by atoms with Crippen molar-refractivity contribution in [3.63, 3.8) is 0 Å². The molecule has 0 saturated heterocycles. The molecule has 0 aromatic carbocycles. The standard InChI is InChI=1S/C14H17N7O/c1-9-5-20(6-11-18-19-12(7-22-2)21(9)11)14-10-3-4-15-13(10)16-8-17-14/h3-4,8-9H,5-7H2,1-2H3,(H,15,16,17)/t9-/m0/s1. The Labute approximate surface area is 127 Å². The van der Waals surface area contributed by atoms with E-state index < -0.39 is 0 Å². The largest absolute Gasteiger partial charge is 0.377 e. The highest BCUT2D eigenvalue weighted by Gasteiger charge is 2.28. The molecule has 1 atom stereocenters. The molecule has 4 rings (SSSR count). The molecular weight excluding hydrogens is 282 g/mol. The molecule has 1 aliphatic rings. The van der Waals surface area contributed by atoms with Crippen molar-refractivity contribution in [3.8, 4) is 0 Å². The van der Waals surface area contributed by atoms with Crippen LogP contribution in [0.25, 0.3) is 11.0 Å². The Balaban J connectivity index is 1.72. The van der Waals surface area contributed by atoms with E-state index in [9.17, 15) is 0 Å². The molecule has 0 radical (unpaired) electrons. The number of H-pyrrole nitrogens is 1. The number of methoxy groups -OCH3 is 1. The highest BCUT2D eigenvalue weighted by Crippen LogP contribution is 2.29. The minimum atomic E-state index is 0.257. The van der Waals surface area contributed by atoms with Crippen LogP contribution in [-0.2, 0) is 17.9 Å². The van der Waals surface area contributed by atoms with Crippen molar-refractivity contribution < 1.29 is 4.74 Å². The van der Waals surface area contributed by atoms with Gasteiger partial charge in [-0.2, -0.15) is 0 Å². The summed E-state index contributed by atoms with van der Waals surface area (Å²) in [6, 6.07) is 2.26. The molecule has 8 nitrogen and oxygen atoms in total. The fraction of sp³-hybridized carbons (Fsp3) is 0.429. The fourth-order valence-electron chi connectivity index (χ4n) is 3.11. The molecule has 0 bridgehead atoms. The normalized spacial score (nSPS) is 17.9. The first kappa shape index (κ1) is 13.2. The Kier molecular flexibility index (Phi) is 3.04. The second kappa shape index (κ2) is 5.06. The van der Waals surface area contributed by atoms with Crippen LogP contribution < -0.4 is 4.90 Å². The van der Waals surface area contributed by atoms with E-state index in [1.54, 1.807) is 13.4 Å². The van der Waals surface area contributed by atoms with Gasteiger partial charge in [-0.1, -0.05) is 0 Å². The first-order valence-electron chi connectivity index (χ1n) is 7.22. The van der Waals surface area contributed by atoms with Gasteiger partial charge in [-0.15, -0.1) is 10.2 Å². The van der Waals surface area contributed by atoms with Crippen molar-refractivity contribution in [3.05, 3.63) is 30.2 Å². The number of nitrogens with zero attached hydrogens (tertiary/aromatic N) is 6. The number of rotatable bonds is 3. The monoisotopic (exact) mass is 299 g/mol. The van der Waals surface area contributed by atoms with Crippen LogP contribution in [0.1, 0.15) is 24.6 Å². The molecule has 0 saturated carbocycles. The zero-order chi connectivity index (χ0) is 15.1. The third kappa shape index (κ3) is 1.95. The fourth-order valence-corrected chi connectivity index (χ4v) is 3.11. The lowest BCUT2D eigenvalue weighted by atomic mass is 10.2. The maximum absolute atomic E-state index is 5.20. The quantitative estimate of drug-likeness (QED) is 0.784. The van der Waals surface area contributed by atoms with Gasteiger partial charge in [-0.3, -0.25) is 0 Å². The van der Waals surface area contributed by atoms with Crippen LogP contribution in [0.2, 0.25) is 0 Å². The number of fused-ring (bicyclic) bond motifs is 2. The minimum Gasteiger partial charge on any atom is -0.377 e. The third-order valence-corrected chi connectivity index (χ3v) is 4.00. The molecule has 1 aliphatic heterocycles. The van der Waals surface area contributed by atoms with E-state index in [-0.39, 0.29) is 6.04 Å². The van der Waals surface area contributed by atoms with Gasteiger partial charge in [0.05, 0.1) is 18.0 Å². The van der Waals surface area contributed by atoms with Crippen molar-refractivity contribution in [1.82, 2.24) is 29.7 Å². The average molecular weight is 299 g/mol. The summed E-state index contributed by atoms with van der Waals surface area (Å²) in [6.45, 7) is 4.16. The van der Waals surface area contributed by atoms with Crippen LogP contribution in [0.5, 0.6) is 0 Å². The number of aromatic amines is 1. The zero-order valence-corrected chi connectivity index (χ0v) is 12.5. The number of ether oxygens (including phenoxy) is 1. The number of hydrogen-bond donors (Lipinski definition) is 1. The summed E-state index contributed by atoms with van der Waals surface area (Å²) in [4.78, 5) is 14.1. The Hall–Kier alpha value is -2.48. The Bertz CT molecular complexity index is 808. The summed E-state index contributed by atoms with van der Waals surface area (Å²) in [6.07, 6.45) is 3.48. The first-order valence-corrected chi connectivity index (χ1v) is 7.22. The first-order chi connectivity index (χ1) is 10.8. The molecule has 0 fully saturated rings. The highest BCUT2D eigenvalue weighted by molar-refractivity contribution is 5.87. The topological polar surface area (TPSA) is 84.8 Å². The van der Waals surface area contributed by atoms with E-state index in [0.717, 1.165) is 35.0 Å². The van der Waals surface area contributed by atoms with Crippen molar-refractivity contribution in [2.45, 2.75) is 26.1 Å². The van der Waals surface area contributed by atoms with Crippen LogP contribution in [-0.4, -0.2) is 43.4 Å². The summed E-state index contributed by atoms with van der Waals surface area (Å²) in [7, 11) is 1.67. The van der Waals surface area contributed by atoms with Gasteiger partial charge in [-0.05, 0) is 13.0 Å². The maximum Gasteiger partial charge on any atom is 0.159 e. The Morgan fingerprint density at radius 2 is 2.27 bits per heavy atom. The van der Waals surface area contributed by atoms with Gasteiger partial charge in [-0.25, -0.2) is 9.97 Å². The lowest BCUT2D eigenvalue weighted by molar-refractivity contribution is 0.171. The van der Waals surface area contributed by atoms with Crippen LogP contribution in [0.4, 0.5) is 5.82 Å². The predicted molar refractivity (Wildman–Crippen MR) is 80.4 cm³/mol. The van der Waals surface area contributed by atoms with Gasteiger partial charge in [0.2, 0.25) is 0 Å². The second-order valence-electron chi connectivity index (χ2n) is 5.50. The molecular formula is C14H17N7O. The summed E-state index contributed by atoms with van der Waals surface area (Å²) < 4.78 is 7.36. The maximum atomic E-state index is 5.20. The van der Waals surface area contributed by atoms with Crippen molar-refractivity contribution in [2.75, 3.05) is 18.6 Å². The number of aromatic nitrogens is 6. The van der Waals surface area contributed by atoms with E-state index >= 15 is 0 Å². The molecule has 8 heteroatoms. The summed E-state index contributed by atoms with van der Waals surface area (Å²) in [5, 5.41) is 9.58. The van der Waals surface area contributed by atoms with E-state index in [0.29, 0.717) is 13.2 Å². The van der Waals surface area contributed by atoms with E-state index in [4.69, 9.17) is 4.74 Å². The highest BCUT2D eigenvalue weighted by atomic mass is 16.5. The van der Waals surface area contributed by atoms with E-state index in [1.165, 1.54) is 0 Å².